The van der Waals surface area contributed by atoms with E-state index in [1.54, 1.807) is 18.3 Å². The molecule has 0 atom stereocenters. The topological polar surface area (TPSA) is 73.2 Å². The number of aromatic nitrogens is 2. The van der Waals surface area contributed by atoms with Gasteiger partial charge in [-0.1, -0.05) is 40.2 Å². The fraction of sp³-hybridized carbons (Fsp3) is 0.167. The fourth-order valence-electron chi connectivity index (χ4n) is 2.46. The third kappa shape index (κ3) is 4.51. The zero-order valence-electron chi connectivity index (χ0n) is 14.1. The standard InChI is InChI=1S/C18H18BrN3O3S/c1-25-17-8-7-16(19)11-18(17)26(23,24)21-12-14-3-5-15(6-4-14)13-22-10-2-9-20-22/h2-11,21H,12-13H2,1H3. The molecule has 6 nitrogen and oxygen atoms in total. The van der Waals surface area contributed by atoms with Gasteiger partial charge in [-0.2, -0.15) is 5.10 Å². The van der Waals surface area contributed by atoms with E-state index < -0.39 is 10.0 Å². The van der Waals surface area contributed by atoms with Gasteiger partial charge in [0.15, 0.2) is 0 Å². The highest BCUT2D eigenvalue weighted by molar-refractivity contribution is 9.10. The molecule has 0 bridgehead atoms. The fourth-order valence-corrected chi connectivity index (χ4v) is 4.18. The summed E-state index contributed by atoms with van der Waals surface area (Å²) in [6, 6.07) is 14.5. The van der Waals surface area contributed by atoms with Crippen LogP contribution >= 0.6 is 15.9 Å². The van der Waals surface area contributed by atoms with Gasteiger partial charge >= 0.3 is 0 Å². The Bertz CT molecular complexity index is 971. The van der Waals surface area contributed by atoms with Crippen molar-refractivity contribution in [3.63, 3.8) is 0 Å². The molecular formula is C18H18BrN3O3S. The Morgan fingerprint density at radius 3 is 2.54 bits per heavy atom. The molecule has 0 unspecified atom stereocenters. The number of ether oxygens (including phenoxy) is 1. The lowest BCUT2D eigenvalue weighted by atomic mass is 10.1. The quantitative estimate of drug-likeness (QED) is 0.618. The van der Waals surface area contributed by atoms with Crippen LogP contribution in [0.2, 0.25) is 0 Å². The first kappa shape index (κ1) is 18.6. The van der Waals surface area contributed by atoms with Gasteiger partial charge in [0.25, 0.3) is 0 Å². The van der Waals surface area contributed by atoms with Crippen molar-refractivity contribution in [1.82, 2.24) is 14.5 Å². The van der Waals surface area contributed by atoms with Crippen molar-refractivity contribution in [3.05, 3.63) is 76.5 Å². The summed E-state index contributed by atoms with van der Waals surface area (Å²) >= 11 is 3.29. The second-order valence-electron chi connectivity index (χ2n) is 5.64. The van der Waals surface area contributed by atoms with Crippen LogP contribution in [0, 0.1) is 0 Å². The largest absolute Gasteiger partial charge is 0.495 e. The van der Waals surface area contributed by atoms with Gasteiger partial charge in [0, 0.05) is 23.4 Å². The molecule has 3 aromatic rings. The summed E-state index contributed by atoms with van der Waals surface area (Å²) in [7, 11) is -2.25. The van der Waals surface area contributed by atoms with Crippen LogP contribution in [0.3, 0.4) is 0 Å². The lowest BCUT2D eigenvalue weighted by Gasteiger charge is -2.11. The van der Waals surface area contributed by atoms with Crippen molar-refractivity contribution in [1.29, 1.82) is 0 Å². The molecule has 0 aliphatic rings. The molecule has 0 aliphatic heterocycles. The molecule has 1 N–H and O–H groups in total. The second kappa shape index (κ2) is 8.03. The minimum atomic E-state index is -3.69. The number of hydrogen-bond acceptors (Lipinski definition) is 4. The van der Waals surface area contributed by atoms with Gasteiger partial charge in [-0.25, -0.2) is 13.1 Å². The normalized spacial score (nSPS) is 11.5. The highest BCUT2D eigenvalue weighted by Crippen LogP contribution is 2.27. The van der Waals surface area contributed by atoms with Gasteiger partial charge in [-0.15, -0.1) is 0 Å². The van der Waals surface area contributed by atoms with E-state index in [9.17, 15) is 8.42 Å². The summed E-state index contributed by atoms with van der Waals surface area (Å²) < 4.78 is 35.5. The van der Waals surface area contributed by atoms with Crippen molar-refractivity contribution < 1.29 is 13.2 Å². The molecule has 3 rings (SSSR count). The van der Waals surface area contributed by atoms with E-state index >= 15 is 0 Å². The predicted molar refractivity (Wildman–Crippen MR) is 102 cm³/mol. The maximum absolute atomic E-state index is 12.6. The Labute approximate surface area is 161 Å². The Morgan fingerprint density at radius 1 is 1.15 bits per heavy atom. The van der Waals surface area contributed by atoms with E-state index in [-0.39, 0.29) is 11.4 Å². The predicted octanol–water partition coefficient (Wildman–Crippen LogP) is 3.18. The minimum Gasteiger partial charge on any atom is -0.495 e. The van der Waals surface area contributed by atoms with Crippen LogP contribution in [0.25, 0.3) is 0 Å². The highest BCUT2D eigenvalue weighted by Gasteiger charge is 2.19. The van der Waals surface area contributed by atoms with Crippen molar-refractivity contribution >= 4 is 26.0 Å². The van der Waals surface area contributed by atoms with Crippen LogP contribution in [0.15, 0.2) is 70.3 Å². The Kier molecular flexibility index (Phi) is 5.75. The van der Waals surface area contributed by atoms with E-state index in [4.69, 9.17) is 4.74 Å². The highest BCUT2D eigenvalue weighted by atomic mass is 79.9. The minimum absolute atomic E-state index is 0.102. The van der Waals surface area contributed by atoms with Gasteiger partial charge in [0.1, 0.15) is 10.6 Å². The summed E-state index contributed by atoms with van der Waals surface area (Å²) in [5.41, 5.74) is 1.96. The average molecular weight is 436 g/mol. The van der Waals surface area contributed by atoms with Crippen molar-refractivity contribution in [2.24, 2.45) is 0 Å². The lowest BCUT2D eigenvalue weighted by molar-refractivity contribution is 0.402. The van der Waals surface area contributed by atoms with E-state index in [1.807, 2.05) is 41.2 Å². The zero-order chi connectivity index (χ0) is 18.6. The van der Waals surface area contributed by atoms with Gasteiger partial charge in [0.2, 0.25) is 10.0 Å². The van der Waals surface area contributed by atoms with Gasteiger partial charge in [-0.3, -0.25) is 4.68 Å². The number of halogens is 1. The smallest absolute Gasteiger partial charge is 0.244 e. The van der Waals surface area contributed by atoms with E-state index in [0.29, 0.717) is 16.8 Å². The maximum Gasteiger partial charge on any atom is 0.244 e. The number of methoxy groups -OCH3 is 1. The second-order valence-corrected chi connectivity index (χ2v) is 8.29. The van der Waals surface area contributed by atoms with E-state index in [2.05, 4.69) is 25.8 Å². The third-order valence-electron chi connectivity index (χ3n) is 3.81. The first-order chi connectivity index (χ1) is 12.5. The van der Waals surface area contributed by atoms with Crippen LogP contribution in [0.5, 0.6) is 5.75 Å². The SMILES string of the molecule is COc1ccc(Br)cc1S(=O)(=O)NCc1ccc(Cn2cccn2)cc1. The summed E-state index contributed by atoms with van der Waals surface area (Å²) in [4.78, 5) is 0.102. The summed E-state index contributed by atoms with van der Waals surface area (Å²) in [6.45, 7) is 0.869. The van der Waals surface area contributed by atoms with Crippen molar-refractivity contribution in [2.45, 2.75) is 18.0 Å². The molecule has 0 saturated carbocycles. The molecule has 0 saturated heterocycles. The molecule has 1 aromatic heterocycles. The monoisotopic (exact) mass is 435 g/mol. The van der Waals surface area contributed by atoms with Gasteiger partial charge in [0.05, 0.1) is 13.7 Å². The molecule has 1 heterocycles. The summed E-state index contributed by atoms with van der Waals surface area (Å²) in [5.74, 6) is 0.301. The molecule has 0 fully saturated rings. The number of rotatable bonds is 7. The number of nitrogens with one attached hydrogen (secondary N) is 1. The zero-order valence-corrected chi connectivity index (χ0v) is 16.5. The first-order valence-electron chi connectivity index (χ1n) is 7.86. The van der Waals surface area contributed by atoms with E-state index in [1.165, 1.54) is 13.2 Å². The average Bonchev–Trinajstić information content (AvgIpc) is 3.14. The molecule has 136 valence electrons. The van der Waals surface area contributed by atoms with E-state index in [0.717, 1.165) is 11.1 Å². The number of nitrogens with zero attached hydrogens (tertiary/aromatic N) is 2. The van der Waals surface area contributed by atoms with Crippen LogP contribution in [-0.4, -0.2) is 25.3 Å². The molecule has 0 radical (unpaired) electrons. The van der Waals surface area contributed by atoms with Crippen LogP contribution < -0.4 is 9.46 Å². The summed E-state index contributed by atoms with van der Waals surface area (Å²) in [6.07, 6.45) is 3.63. The molecule has 8 heteroatoms. The molecule has 0 amide bonds. The molecule has 0 spiro atoms. The molecule has 0 aliphatic carbocycles. The van der Waals surface area contributed by atoms with Crippen molar-refractivity contribution in [3.8, 4) is 5.75 Å². The van der Waals surface area contributed by atoms with Gasteiger partial charge < -0.3 is 4.74 Å². The molecular weight excluding hydrogens is 418 g/mol. The Balaban J connectivity index is 1.69. The molecule has 26 heavy (non-hydrogen) atoms. The van der Waals surface area contributed by atoms with Crippen LogP contribution in [0.4, 0.5) is 0 Å². The lowest BCUT2D eigenvalue weighted by Crippen LogP contribution is -2.23. The first-order valence-corrected chi connectivity index (χ1v) is 10.1. The van der Waals surface area contributed by atoms with Gasteiger partial charge in [-0.05, 0) is 35.4 Å². The molecule has 2 aromatic carbocycles. The Hall–Kier alpha value is -2.16. The van der Waals surface area contributed by atoms with Crippen LogP contribution in [-0.2, 0) is 23.1 Å². The summed E-state index contributed by atoms with van der Waals surface area (Å²) in [5, 5.41) is 4.17. The maximum atomic E-state index is 12.6. The third-order valence-corrected chi connectivity index (χ3v) is 5.72. The Morgan fingerprint density at radius 2 is 1.88 bits per heavy atom. The number of benzene rings is 2. The number of hydrogen-bond donors (Lipinski definition) is 1. The van der Waals surface area contributed by atoms with Crippen molar-refractivity contribution in [2.75, 3.05) is 7.11 Å². The van der Waals surface area contributed by atoms with Crippen LogP contribution in [0.1, 0.15) is 11.1 Å². The number of sulfonamides is 1.